The van der Waals surface area contributed by atoms with Crippen LogP contribution < -0.4 is 5.73 Å². The molecule has 2 aliphatic rings. The number of likely N-dealkylation sites (tertiary alicyclic amines) is 1. The highest BCUT2D eigenvalue weighted by Gasteiger charge is 2.29. The molecule has 4 heteroatoms. The summed E-state index contributed by atoms with van der Waals surface area (Å²) < 4.78 is 5.87. The predicted octanol–water partition coefficient (Wildman–Crippen LogP) is 2.28. The topological polar surface area (TPSA) is 55.6 Å². The molecule has 0 aliphatic carbocycles. The average molecular weight is 302 g/mol. The van der Waals surface area contributed by atoms with Crippen molar-refractivity contribution in [2.75, 3.05) is 19.7 Å². The van der Waals surface area contributed by atoms with Crippen LogP contribution in [0.5, 0.6) is 0 Å². The molecule has 4 nitrogen and oxygen atoms in total. The number of benzene rings is 1. The maximum absolute atomic E-state index is 12.6. The number of hydrogen-bond donors (Lipinski definition) is 1. The molecule has 3 rings (SSSR count). The summed E-state index contributed by atoms with van der Waals surface area (Å²) in [5, 5.41) is 0. The number of hydrogen-bond acceptors (Lipinski definition) is 3. The zero-order valence-corrected chi connectivity index (χ0v) is 13.3. The van der Waals surface area contributed by atoms with E-state index < -0.39 is 0 Å². The normalized spacial score (nSPS) is 26.4. The monoisotopic (exact) mass is 302 g/mol. The quantitative estimate of drug-likeness (QED) is 0.932. The van der Waals surface area contributed by atoms with Gasteiger partial charge < -0.3 is 15.4 Å². The van der Waals surface area contributed by atoms with Crippen LogP contribution in [0, 0.1) is 5.92 Å². The fraction of sp³-hybridized carbons (Fsp3) is 0.611. The second-order valence-electron chi connectivity index (χ2n) is 6.61. The Labute approximate surface area is 132 Å². The minimum Gasteiger partial charge on any atom is -0.373 e. The Morgan fingerprint density at radius 2 is 2.27 bits per heavy atom. The summed E-state index contributed by atoms with van der Waals surface area (Å²) in [6.07, 6.45) is 3.48. The fourth-order valence-electron chi connectivity index (χ4n) is 3.60. The van der Waals surface area contributed by atoms with Crippen molar-refractivity contribution in [2.24, 2.45) is 11.7 Å². The Morgan fingerprint density at radius 1 is 1.45 bits per heavy atom. The zero-order valence-electron chi connectivity index (χ0n) is 13.3. The van der Waals surface area contributed by atoms with Gasteiger partial charge in [-0.05, 0) is 43.2 Å². The van der Waals surface area contributed by atoms with Gasteiger partial charge in [-0.2, -0.15) is 0 Å². The van der Waals surface area contributed by atoms with Crippen LogP contribution in [0.25, 0.3) is 0 Å². The van der Waals surface area contributed by atoms with E-state index in [0.717, 1.165) is 32.4 Å². The van der Waals surface area contributed by atoms with Gasteiger partial charge in [0, 0.05) is 19.1 Å². The van der Waals surface area contributed by atoms with Crippen molar-refractivity contribution in [3.8, 4) is 0 Å². The highest BCUT2D eigenvalue weighted by atomic mass is 16.5. The number of nitrogens with zero attached hydrogens (tertiary/aromatic N) is 1. The van der Waals surface area contributed by atoms with Crippen molar-refractivity contribution < 1.29 is 9.53 Å². The molecular weight excluding hydrogens is 276 g/mol. The lowest BCUT2D eigenvalue weighted by Gasteiger charge is -2.36. The number of ether oxygens (including phenoxy) is 1. The Kier molecular flexibility index (Phi) is 4.79. The molecule has 2 aliphatic heterocycles. The largest absolute Gasteiger partial charge is 0.373 e. The number of carbonyl (C=O) groups excluding carboxylic acids is 1. The summed E-state index contributed by atoms with van der Waals surface area (Å²) in [5.74, 6) is 0.629. The summed E-state index contributed by atoms with van der Waals surface area (Å²) in [4.78, 5) is 14.6. The Bertz CT molecular complexity index is 530. The van der Waals surface area contributed by atoms with Gasteiger partial charge in [0.2, 0.25) is 5.91 Å². The number of fused-ring (bicyclic) bond motifs is 1. The Morgan fingerprint density at radius 3 is 3.09 bits per heavy atom. The third-order valence-corrected chi connectivity index (χ3v) is 5.01. The van der Waals surface area contributed by atoms with Crippen LogP contribution in [-0.2, 0) is 16.0 Å². The number of amides is 1. The van der Waals surface area contributed by atoms with Crippen molar-refractivity contribution in [3.63, 3.8) is 0 Å². The third-order valence-electron chi connectivity index (χ3n) is 5.01. The van der Waals surface area contributed by atoms with E-state index in [9.17, 15) is 4.79 Å². The van der Waals surface area contributed by atoms with Crippen molar-refractivity contribution in [2.45, 2.75) is 44.8 Å². The molecule has 1 aromatic rings. The highest BCUT2D eigenvalue weighted by molar-refractivity contribution is 5.77. The Balaban J connectivity index is 1.65. The second kappa shape index (κ2) is 6.80. The van der Waals surface area contributed by atoms with E-state index in [1.54, 1.807) is 0 Å². The van der Waals surface area contributed by atoms with E-state index in [1.165, 1.54) is 11.1 Å². The average Bonchev–Trinajstić information content (AvgIpc) is 2.55. The van der Waals surface area contributed by atoms with Gasteiger partial charge in [-0.1, -0.05) is 24.3 Å². The van der Waals surface area contributed by atoms with Crippen molar-refractivity contribution in [1.29, 1.82) is 0 Å². The van der Waals surface area contributed by atoms with Crippen LogP contribution in [0.1, 0.15) is 43.4 Å². The van der Waals surface area contributed by atoms with Gasteiger partial charge >= 0.3 is 0 Å². The van der Waals surface area contributed by atoms with Gasteiger partial charge in [-0.15, -0.1) is 0 Å². The van der Waals surface area contributed by atoms with E-state index >= 15 is 0 Å². The lowest BCUT2D eigenvalue weighted by Crippen LogP contribution is -2.45. The molecule has 120 valence electrons. The van der Waals surface area contributed by atoms with Crippen LogP contribution >= 0.6 is 0 Å². The first-order valence-electron chi connectivity index (χ1n) is 8.38. The van der Waals surface area contributed by atoms with Gasteiger partial charge in [-0.25, -0.2) is 0 Å². The molecular formula is C18H26N2O2. The minimum atomic E-state index is -0.0897. The molecule has 0 radical (unpaired) electrons. The summed E-state index contributed by atoms with van der Waals surface area (Å²) in [5.41, 5.74) is 8.52. The first-order valence-corrected chi connectivity index (χ1v) is 8.38. The number of carbonyl (C=O) groups is 1. The SMILES string of the molecule is CC(N)C1CCCN(C(=O)CC2OCCc3ccccc32)C1. The summed E-state index contributed by atoms with van der Waals surface area (Å²) in [6, 6.07) is 8.47. The zero-order chi connectivity index (χ0) is 15.5. The number of nitrogens with two attached hydrogens (primary N) is 1. The number of rotatable bonds is 3. The molecule has 1 amide bonds. The standard InChI is InChI=1S/C18H26N2O2/c1-13(19)15-6-4-9-20(12-15)18(21)11-17-16-7-3-2-5-14(16)8-10-22-17/h2-3,5,7,13,15,17H,4,6,8-12,19H2,1H3. The van der Waals surface area contributed by atoms with E-state index in [4.69, 9.17) is 10.5 Å². The van der Waals surface area contributed by atoms with E-state index in [1.807, 2.05) is 17.9 Å². The van der Waals surface area contributed by atoms with Gasteiger partial charge in [0.1, 0.15) is 0 Å². The molecule has 0 saturated carbocycles. The van der Waals surface area contributed by atoms with Crippen molar-refractivity contribution >= 4 is 5.91 Å². The second-order valence-corrected chi connectivity index (χ2v) is 6.61. The third kappa shape index (κ3) is 3.33. The van der Waals surface area contributed by atoms with Gasteiger partial charge in [0.25, 0.3) is 0 Å². The maximum Gasteiger partial charge on any atom is 0.225 e. The first-order chi connectivity index (χ1) is 10.6. The Hall–Kier alpha value is -1.39. The molecule has 2 heterocycles. The van der Waals surface area contributed by atoms with Gasteiger partial charge in [-0.3, -0.25) is 4.79 Å². The summed E-state index contributed by atoms with van der Waals surface area (Å²) >= 11 is 0. The van der Waals surface area contributed by atoms with Gasteiger partial charge in [0.15, 0.2) is 0 Å². The molecule has 2 N–H and O–H groups in total. The lowest BCUT2D eigenvalue weighted by atomic mass is 9.91. The predicted molar refractivity (Wildman–Crippen MR) is 86.4 cm³/mol. The van der Waals surface area contributed by atoms with E-state index in [0.29, 0.717) is 18.9 Å². The smallest absolute Gasteiger partial charge is 0.225 e. The van der Waals surface area contributed by atoms with Crippen LogP contribution in [0.15, 0.2) is 24.3 Å². The molecule has 3 unspecified atom stereocenters. The molecule has 0 aromatic heterocycles. The van der Waals surface area contributed by atoms with Gasteiger partial charge in [0.05, 0.1) is 19.1 Å². The van der Waals surface area contributed by atoms with Crippen LogP contribution in [0.4, 0.5) is 0 Å². The summed E-state index contributed by atoms with van der Waals surface area (Å²) in [6.45, 7) is 4.40. The molecule has 0 bridgehead atoms. The van der Waals surface area contributed by atoms with Crippen molar-refractivity contribution in [1.82, 2.24) is 4.90 Å². The van der Waals surface area contributed by atoms with Crippen LogP contribution in [-0.4, -0.2) is 36.5 Å². The highest BCUT2D eigenvalue weighted by Crippen LogP contribution is 2.30. The van der Waals surface area contributed by atoms with E-state index in [-0.39, 0.29) is 18.1 Å². The molecule has 22 heavy (non-hydrogen) atoms. The van der Waals surface area contributed by atoms with Crippen molar-refractivity contribution in [3.05, 3.63) is 35.4 Å². The van der Waals surface area contributed by atoms with Crippen LogP contribution in [0.3, 0.4) is 0 Å². The lowest BCUT2D eigenvalue weighted by molar-refractivity contribution is -0.136. The van der Waals surface area contributed by atoms with E-state index in [2.05, 4.69) is 18.2 Å². The molecule has 0 spiro atoms. The molecule has 3 atom stereocenters. The minimum absolute atomic E-state index is 0.0897. The number of piperidine rings is 1. The first kappa shape index (κ1) is 15.5. The van der Waals surface area contributed by atoms with Crippen LogP contribution in [0.2, 0.25) is 0 Å². The maximum atomic E-state index is 12.6. The molecule has 1 saturated heterocycles. The summed E-state index contributed by atoms with van der Waals surface area (Å²) in [7, 11) is 0. The molecule has 1 fully saturated rings. The molecule has 1 aromatic carbocycles. The fourth-order valence-corrected chi connectivity index (χ4v) is 3.60.